The summed E-state index contributed by atoms with van der Waals surface area (Å²) < 4.78 is 10.6. The predicted molar refractivity (Wildman–Crippen MR) is 80.1 cm³/mol. The number of amides is 1. The molecule has 1 aromatic carbocycles. The Bertz CT molecular complexity index is 522. The Hall–Kier alpha value is -2.24. The van der Waals surface area contributed by atoms with Gasteiger partial charge < -0.3 is 19.9 Å². The van der Waals surface area contributed by atoms with Crippen LogP contribution in [0.5, 0.6) is 11.5 Å². The Labute approximate surface area is 129 Å². The van der Waals surface area contributed by atoms with Crippen molar-refractivity contribution in [1.82, 2.24) is 5.32 Å². The minimum atomic E-state index is -1.03. The molecule has 0 radical (unpaired) electrons. The van der Waals surface area contributed by atoms with Gasteiger partial charge in [-0.2, -0.15) is 0 Å². The maximum atomic E-state index is 11.8. The van der Waals surface area contributed by atoms with Crippen molar-refractivity contribution in [3.8, 4) is 11.5 Å². The average molecular weight is 307 g/mol. The predicted octanol–water partition coefficient (Wildman–Crippen LogP) is 1.98. The number of ether oxygens (including phenoxy) is 2. The molecule has 1 fully saturated rings. The van der Waals surface area contributed by atoms with E-state index < -0.39 is 11.5 Å². The van der Waals surface area contributed by atoms with Crippen LogP contribution >= 0.6 is 0 Å². The fraction of sp³-hybridized carbons (Fsp3) is 0.500. The van der Waals surface area contributed by atoms with Crippen LogP contribution in [-0.4, -0.2) is 36.2 Å². The van der Waals surface area contributed by atoms with E-state index in [-0.39, 0.29) is 12.3 Å². The molecule has 0 heterocycles. The number of nitrogens with one attached hydrogen (secondary N) is 1. The highest BCUT2D eigenvalue weighted by molar-refractivity contribution is 5.87. The van der Waals surface area contributed by atoms with Gasteiger partial charge in [0.05, 0.1) is 13.7 Å². The van der Waals surface area contributed by atoms with Gasteiger partial charge in [0.2, 0.25) is 5.91 Å². The summed E-state index contributed by atoms with van der Waals surface area (Å²) in [5, 5.41) is 11.8. The number of carbonyl (C=O) groups excluding carboxylic acids is 1. The number of hydrogen-bond acceptors (Lipinski definition) is 4. The zero-order chi connectivity index (χ0) is 16.0. The van der Waals surface area contributed by atoms with Crippen molar-refractivity contribution in [1.29, 1.82) is 0 Å². The van der Waals surface area contributed by atoms with Gasteiger partial charge in [-0.05, 0) is 49.9 Å². The van der Waals surface area contributed by atoms with E-state index in [4.69, 9.17) is 14.6 Å². The Morgan fingerprint density at radius 2 is 1.86 bits per heavy atom. The molecule has 0 aromatic heterocycles. The molecule has 0 spiro atoms. The van der Waals surface area contributed by atoms with E-state index in [1.165, 1.54) is 0 Å². The average Bonchev–Trinajstić information content (AvgIpc) is 2.47. The summed E-state index contributed by atoms with van der Waals surface area (Å²) in [5.74, 6) is 0.287. The van der Waals surface area contributed by atoms with E-state index in [1.807, 2.05) is 0 Å². The number of carboxylic acid groups (broad SMARTS) is 1. The van der Waals surface area contributed by atoms with Crippen LogP contribution in [-0.2, 0) is 9.59 Å². The highest BCUT2D eigenvalue weighted by atomic mass is 16.5. The summed E-state index contributed by atoms with van der Waals surface area (Å²) in [6.07, 6.45) is 2.65. The first kappa shape index (κ1) is 16.1. The standard InChI is InChI=1S/C16H21NO5/c1-21-12-5-7-13(8-6-12)22-11-2-4-14(18)17-16(15(19)20)9-3-10-16/h5-8H,2-4,9-11H2,1H3,(H,17,18)(H,19,20). The van der Waals surface area contributed by atoms with Crippen LogP contribution in [0.1, 0.15) is 32.1 Å². The van der Waals surface area contributed by atoms with Crippen molar-refractivity contribution in [2.24, 2.45) is 0 Å². The largest absolute Gasteiger partial charge is 0.497 e. The zero-order valence-corrected chi connectivity index (χ0v) is 12.6. The van der Waals surface area contributed by atoms with Crippen molar-refractivity contribution >= 4 is 11.9 Å². The van der Waals surface area contributed by atoms with Crippen LogP contribution in [0.25, 0.3) is 0 Å². The van der Waals surface area contributed by atoms with Crippen molar-refractivity contribution < 1.29 is 24.2 Å². The summed E-state index contributed by atoms with van der Waals surface area (Å²) in [4.78, 5) is 23.0. The van der Waals surface area contributed by atoms with Gasteiger partial charge in [0, 0.05) is 6.42 Å². The molecule has 0 aliphatic heterocycles. The van der Waals surface area contributed by atoms with E-state index in [9.17, 15) is 9.59 Å². The molecule has 6 heteroatoms. The van der Waals surface area contributed by atoms with Crippen molar-refractivity contribution in [2.45, 2.75) is 37.6 Å². The van der Waals surface area contributed by atoms with E-state index in [1.54, 1.807) is 31.4 Å². The lowest BCUT2D eigenvalue weighted by Crippen LogP contribution is -2.59. The molecule has 0 unspecified atom stereocenters. The van der Waals surface area contributed by atoms with E-state index in [0.29, 0.717) is 31.6 Å². The van der Waals surface area contributed by atoms with E-state index >= 15 is 0 Å². The number of hydrogen-bond donors (Lipinski definition) is 2. The van der Waals surface area contributed by atoms with Crippen molar-refractivity contribution in [3.63, 3.8) is 0 Å². The minimum absolute atomic E-state index is 0.236. The monoisotopic (exact) mass is 307 g/mol. The molecule has 2 N–H and O–H groups in total. The van der Waals surface area contributed by atoms with E-state index in [0.717, 1.165) is 12.2 Å². The molecular formula is C16H21NO5. The lowest BCUT2D eigenvalue weighted by Gasteiger charge is -2.38. The summed E-state index contributed by atoms with van der Waals surface area (Å²) >= 11 is 0. The highest BCUT2D eigenvalue weighted by Gasteiger charge is 2.45. The molecule has 6 nitrogen and oxygen atoms in total. The lowest BCUT2D eigenvalue weighted by atomic mass is 9.76. The summed E-state index contributed by atoms with van der Waals surface area (Å²) in [6, 6.07) is 7.20. The molecule has 2 rings (SSSR count). The normalized spacial score (nSPS) is 15.5. The number of rotatable bonds is 8. The van der Waals surface area contributed by atoms with Crippen LogP contribution in [0.4, 0.5) is 0 Å². The topological polar surface area (TPSA) is 84.9 Å². The van der Waals surface area contributed by atoms with Crippen molar-refractivity contribution in [3.05, 3.63) is 24.3 Å². The Morgan fingerprint density at radius 3 is 2.36 bits per heavy atom. The third-order valence-electron chi connectivity index (χ3n) is 3.87. The molecular weight excluding hydrogens is 286 g/mol. The number of aliphatic carboxylic acids is 1. The van der Waals surface area contributed by atoms with Gasteiger partial charge in [0.1, 0.15) is 17.0 Å². The molecule has 1 saturated carbocycles. The summed E-state index contributed by atoms with van der Waals surface area (Å²) in [6.45, 7) is 0.403. The van der Waals surface area contributed by atoms with Crippen molar-refractivity contribution in [2.75, 3.05) is 13.7 Å². The van der Waals surface area contributed by atoms with Gasteiger partial charge in [-0.3, -0.25) is 4.79 Å². The lowest BCUT2D eigenvalue weighted by molar-refractivity contribution is -0.151. The summed E-state index contributed by atoms with van der Waals surface area (Å²) in [5.41, 5.74) is -1.03. The molecule has 1 aromatic rings. The van der Waals surface area contributed by atoms with Crippen LogP contribution < -0.4 is 14.8 Å². The maximum Gasteiger partial charge on any atom is 0.329 e. The third-order valence-corrected chi connectivity index (χ3v) is 3.87. The quantitative estimate of drug-likeness (QED) is 0.717. The SMILES string of the molecule is COc1ccc(OCCCC(=O)NC2(C(=O)O)CCC2)cc1. The molecule has 0 saturated heterocycles. The van der Waals surface area contributed by atoms with Gasteiger partial charge in [-0.1, -0.05) is 0 Å². The van der Waals surface area contributed by atoms with Gasteiger partial charge in [-0.25, -0.2) is 4.79 Å². The van der Waals surface area contributed by atoms with Crippen LogP contribution in [0.15, 0.2) is 24.3 Å². The fourth-order valence-electron chi connectivity index (χ4n) is 2.35. The number of benzene rings is 1. The number of methoxy groups -OCH3 is 1. The highest BCUT2D eigenvalue weighted by Crippen LogP contribution is 2.32. The Morgan fingerprint density at radius 1 is 1.23 bits per heavy atom. The minimum Gasteiger partial charge on any atom is -0.497 e. The second-order valence-corrected chi connectivity index (χ2v) is 5.42. The zero-order valence-electron chi connectivity index (χ0n) is 12.6. The number of carbonyl (C=O) groups is 2. The maximum absolute atomic E-state index is 11.8. The first-order chi connectivity index (χ1) is 10.6. The molecule has 0 atom stereocenters. The third kappa shape index (κ3) is 3.90. The number of carboxylic acids is 1. The Balaban J connectivity index is 1.67. The van der Waals surface area contributed by atoms with Crippen LogP contribution in [0.2, 0.25) is 0 Å². The second-order valence-electron chi connectivity index (χ2n) is 5.42. The molecule has 0 bridgehead atoms. The molecule has 1 aliphatic rings. The van der Waals surface area contributed by atoms with Gasteiger partial charge >= 0.3 is 5.97 Å². The molecule has 22 heavy (non-hydrogen) atoms. The van der Waals surface area contributed by atoms with Gasteiger partial charge in [0.25, 0.3) is 0 Å². The Kier molecular flexibility index (Phi) is 5.25. The first-order valence-electron chi connectivity index (χ1n) is 7.37. The molecule has 120 valence electrons. The van der Waals surface area contributed by atoms with Crippen LogP contribution in [0.3, 0.4) is 0 Å². The van der Waals surface area contributed by atoms with Gasteiger partial charge in [0.15, 0.2) is 0 Å². The molecule has 1 amide bonds. The van der Waals surface area contributed by atoms with E-state index in [2.05, 4.69) is 5.32 Å². The first-order valence-corrected chi connectivity index (χ1v) is 7.37. The van der Waals surface area contributed by atoms with Crippen LogP contribution in [0, 0.1) is 0 Å². The fourth-order valence-corrected chi connectivity index (χ4v) is 2.35. The summed E-state index contributed by atoms with van der Waals surface area (Å²) in [7, 11) is 1.60. The second kappa shape index (κ2) is 7.15. The smallest absolute Gasteiger partial charge is 0.329 e. The van der Waals surface area contributed by atoms with Gasteiger partial charge in [-0.15, -0.1) is 0 Å². The molecule has 1 aliphatic carbocycles.